The molecule has 0 aromatic heterocycles. The second-order valence-corrected chi connectivity index (χ2v) is 9.86. The van der Waals surface area contributed by atoms with Gasteiger partial charge in [-0.05, 0) is 60.2 Å². The smallest absolute Gasteiger partial charge is 0.189 e. The molecule has 0 aromatic carbocycles. The van der Waals surface area contributed by atoms with Crippen LogP contribution in [0.4, 0.5) is 4.39 Å². The average Bonchev–Trinajstić information content (AvgIpc) is 2.79. The first kappa shape index (κ1) is 18.4. The molecule has 0 saturated heterocycles. The normalized spacial score (nSPS) is 52.8. The van der Waals surface area contributed by atoms with Crippen molar-refractivity contribution in [1.82, 2.24) is 0 Å². The van der Waals surface area contributed by atoms with Gasteiger partial charge in [0.05, 0.1) is 6.10 Å². The Morgan fingerprint density at radius 3 is 2.69 bits per heavy atom. The van der Waals surface area contributed by atoms with Gasteiger partial charge in [-0.15, -0.1) is 12.6 Å². The molecule has 3 fully saturated rings. The molecular formula is C21H27FO3S. The van der Waals surface area contributed by atoms with Gasteiger partial charge in [0.15, 0.2) is 10.9 Å². The number of aliphatic hydroxyl groups excluding tert-OH is 1. The van der Waals surface area contributed by atoms with Crippen LogP contribution in [0.5, 0.6) is 0 Å². The van der Waals surface area contributed by atoms with Crippen LogP contribution < -0.4 is 0 Å². The van der Waals surface area contributed by atoms with E-state index in [9.17, 15) is 14.7 Å². The second-order valence-electron chi connectivity index (χ2n) is 9.42. The molecule has 0 bridgehead atoms. The van der Waals surface area contributed by atoms with Crippen LogP contribution in [0, 0.1) is 40.4 Å². The van der Waals surface area contributed by atoms with E-state index in [0.717, 1.165) is 6.42 Å². The maximum absolute atomic E-state index is 15.2. The highest BCUT2D eigenvalue weighted by Crippen LogP contribution is 2.67. The zero-order chi connectivity index (χ0) is 19.0. The summed E-state index contributed by atoms with van der Waals surface area (Å²) in [6.45, 7) is 6.11. The van der Waals surface area contributed by atoms with Crippen molar-refractivity contribution in [3.05, 3.63) is 23.8 Å². The standard InChI is InChI=1S/C21H27FO3S/c1-10-6-13-12-8-15(22)14-7-11(23)4-5-20(14,2)18(12)16(24)9-21(13,3)17(10)19(25)26/h4-5,7,10,12-13,15-18,24H,6,8-9H2,1-3H3,(H,25,26)/t10-,12-,13-,15?,16-,17+,18+,20-,21-/m0/s1. The molecule has 5 heteroatoms. The Kier molecular flexibility index (Phi) is 4.09. The second kappa shape index (κ2) is 5.78. The quantitative estimate of drug-likeness (QED) is 0.687. The number of carbonyl (C=O) groups is 2. The molecule has 26 heavy (non-hydrogen) atoms. The summed E-state index contributed by atoms with van der Waals surface area (Å²) in [6, 6.07) is 0. The minimum absolute atomic E-state index is 0.00103. The van der Waals surface area contributed by atoms with Gasteiger partial charge in [-0.2, -0.15) is 0 Å². The van der Waals surface area contributed by atoms with Crippen molar-refractivity contribution >= 4 is 23.5 Å². The molecule has 9 atom stereocenters. The van der Waals surface area contributed by atoms with Gasteiger partial charge in [0.2, 0.25) is 0 Å². The molecule has 0 aliphatic heterocycles. The molecule has 0 amide bonds. The van der Waals surface area contributed by atoms with Crippen molar-refractivity contribution in [3.8, 4) is 0 Å². The van der Waals surface area contributed by atoms with Crippen LogP contribution in [0.3, 0.4) is 0 Å². The third kappa shape index (κ3) is 2.29. The largest absolute Gasteiger partial charge is 0.393 e. The number of fused-ring (bicyclic) bond motifs is 5. The predicted octanol–water partition coefficient (Wildman–Crippen LogP) is 3.53. The lowest BCUT2D eigenvalue weighted by atomic mass is 9.46. The Balaban J connectivity index is 1.79. The first-order chi connectivity index (χ1) is 12.1. The zero-order valence-electron chi connectivity index (χ0n) is 15.5. The first-order valence-electron chi connectivity index (χ1n) is 9.60. The van der Waals surface area contributed by atoms with Gasteiger partial charge >= 0.3 is 0 Å². The summed E-state index contributed by atoms with van der Waals surface area (Å²) in [5, 5.41) is 11.0. The van der Waals surface area contributed by atoms with Gasteiger partial charge in [-0.1, -0.05) is 26.8 Å². The minimum Gasteiger partial charge on any atom is -0.393 e. The van der Waals surface area contributed by atoms with E-state index < -0.39 is 17.7 Å². The first-order valence-corrected chi connectivity index (χ1v) is 10.0. The molecule has 3 saturated carbocycles. The lowest BCUT2D eigenvalue weighted by Gasteiger charge is -2.59. The van der Waals surface area contributed by atoms with Gasteiger partial charge < -0.3 is 5.11 Å². The monoisotopic (exact) mass is 378 g/mol. The number of halogens is 1. The third-order valence-corrected chi connectivity index (χ3v) is 8.36. The molecule has 0 radical (unpaired) electrons. The van der Waals surface area contributed by atoms with Crippen LogP contribution in [0.25, 0.3) is 0 Å². The molecule has 0 spiro atoms. The van der Waals surface area contributed by atoms with Crippen molar-refractivity contribution in [3.63, 3.8) is 0 Å². The number of alkyl halides is 1. The summed E-state index contributed by atoms with van der Waals surface area (Å²) in [7, 11) is 0. The Morgan fingerprint density at radius 1 is 1.35 bits per heavy atom. The fourth-order valence-electron chi connectivity index (χ4n) is 7.23. The van der Waals surface area contributed by atoms with Crippen LogP contribution in [0.1, 0.15) is 40.0 Å². The summed E-state index contributed by atoms with van der Waals surface area (Å²) in [5.41, 5.74) is -0.463. The van der Waals surface area contributed by atoms with E-state index in [0.29, 0.717) is 18.4 Å². The fraction of sp³-hybridized carbons (Fsp3) is 0.714. The van der Waals surface area contributed by atoms with E-state index in [4.69, 9.17) is 0 Å². The van der Waals surface area contributed by atoms with Gasteiger partial charge in [-0.25, -0.2) is 4.39 Å². The zero-order valence-corrected chi connectivity index (χ0v) is 16.4. The van der Waals surface area contributed by atoms with E-state index in [1.807, 2.05) is 6.92 Å². The van der Waals surface area contributed by atoms with Gasteiger partial charge in [0.1, 0.15) is 6.17 Å². The van der Waals surface area contributed by atoms with Crippen LogP contribution in [-0.4, -0.2) is 28.3 Å². The van der Waals surface area contributed by atoms with Crippen molar-refractivity contribution in [2.24, 2.45) is 40.4 Å². The number of carbonyl (C=O) groups excluding carboxylic acids is 2. The van der Waals surface area contributed by atoms with Crippen molar-refractivity contribution in [2.45, 2.75) is 52.3 Å². The summed E-state index contributed by atoms with van der Waals surface area (Å²) < 4.78 is 15.2. The number of hydrogen-bond donors (Lipinski definition) is 2. The Bertz CT molecular complexity index is 731. The molecule has 142 valence electrons. The molecule has 0 aromatic rings. The summed E-state index contributed by atoms with van der Waals surface area (Å²) in [4.78, 5) is 24.0. The average molecular weight is 379 g/mol. The van der Waals surface area contributed by atoms with Crippen molar-refractivity contribution in [2.75, 3.05) is 0 Å². The molecule has 1 N–H and O–H groups in total. The van der Waals surface area contributed by atoms with E-state index >= 15 is 4.39 Å². The van der Waals surface area contributed by atoms with Crippen LogP contribution in [-0.2, 0) is 9.59 Å². The lowest BCUT2D eigenvalue weighted by Crippen LogP contribution is -2.58. The van der Waals surface area contributed by atoms with E-state index in [1.54, 1.807) is 6.08 Å². The molecule has 4 rings (SSSR count). The summed E-state index contributed by atoms with van der Waals surface area (Å²) in [5.74, 6) is -0.119. The fourth-order valence-corrected chi connectivity index (χ4v) is 7.78. The number of hydrogen-bond acceptors (Lipinski definition) is 3. The SMILES string of the molecule is C[C@H]1C[C@H]2[C@@H]3CC(F)C4=CC(=O)C=C[C@]4(C)[C@H]3[C@@H](O)C[C@]2(C)[C@H]1C(=O)S. The molecule has 4 aliphatic rings. The van der Waals surface area contributed by atoms with E-state index in [2.05, 4.69) is 26.5 Å². The molecular weight excluding hydrogens is 351 g/mol. The van der Waals surface area contributed by atoms with Crippen LogP contribution in [0.15, 0.2) is 23.8 Å². The summed E-state index contributed by atoms with van der Waals surface area (Å²) >= 11 is 4.14. The highest BCUT2D eigenvalue weighted by Gasteiger charge is 2.65. The van der Waals surface area contributed by atoms with E-state index in [1.165, 1.54) is 12.2 Å². The predicted molar refractivity (Wildman–Crippen MR) is 100 cm³/mol. The number of ketones is 1. The van der Waals surface area contributed by atoms with Gasteiger partial charge in [-0.3, -0.25) is 9.59 Å². The highest BCUT2D eigenvalue weighted by molar-refractivity contribution is 7.96. The van der Waals surface area contributed by atoms with Crippen molar-refractivity contribution < 1.29 is 19.1 Å². The Labute approximate surface area is 159 Å². The number of thiol groups is 1. The lowest BCUT2D eigenvalue weighted by molar-refractivity contribution is -0.137. The molecule has 1 unspecified atom stereocenters. The minimum atomic E-state index is -1.18. The topological polar surface area (TPSA) is 54.4 Å². The molecule has 3 nitrogen and oxygen atoms in total. The van der Waals surface area contributed by atoms with Gasteiger partial charge in [0, 0.05) is 17.3 Å². The molecule has 0 heterocycles. The highest BCUT2D eigenvalue weighted by atomic mass is 32.1. The Hall–Kier alpha value is -0.940. The van der Waals surface area contributed by atoms with Crippen LogP contribution >= 0.6 is 12.6 Å². The third-order valence-electron chi connectivity index (χ3n) is 8.08. The summed E-state index contributed by atoms with van der Waals surface area (Å²) in [6.07, 6.45) is 4.67. The Morgan fingerprint density at radius 2 is 2.04 bits per heavy atom. The maximum atomic E-state index is 15.2. The van der Waals surface area contributed by atoms with Crippen molar-refractivity contribution in [1.29, 1.82) is 0 Å². The number of aliphatic hydroxyl groups is 1. The molecule has 4 aliphatic carbocycles. The van der Waals surface area contributed by atoms with E-state index in [-0.39, 0.29) is 45.9 Å². The van der Waals surface area contributed by atoms with Gasteiger partial charge in [0.25, 0.3) is 0 Å². The van der Waals surface area contributed by atoms with Crippen LogP contribution in [0.2, 0.25) is 0 Å². The number of rotatable bonds is 1. The maximum Gasteiger partial charge on any atom is 0.189 e. The number of allylic oxidation sites excluding steroid dienone is 4.